The Labute approximate surface area is 106 Å². The maximum atomic E-state index is 12.1. The average molecular weight is 312 g/mol. The molecule has 6 heteroatoms. The van der Waals surface area contributed by atoms with Gasteiger partial charge in [-0.15, -0.1) is 0 Å². The third-order valence-electron chi connectivity index (χ3n) is 1.97. The molecule has 0 aliphatic rings. The highest BCUT2D eigenvalue weighted by Gasteiger charge is 2.29. The van der Waals surface area contributed by atoms with E-state index in [1.807, 2.05) is 0 Å². The fourth-order valence-corrected chi connectivity index (χ4v) is 1.90. The van der Waals surface area contributed by atoms with E-state index in [0.717, 1.165) is 0 Å². The van der Waals surface area contributed by atoms with Crippen LogP contribution in [0.4, 0.5) is 13.2 Å². The summed E-state index contributed by atoms with van der Waals surface area (Å²) in [5.41, 5.74) is 6.30. The molecule has 0 bridgehead atoms. The summed E-state index contributed by atoms with van der Waals surface area (Å²) in [5, 5.41) is 0. The molecule has 96 valence electrons. The summed E-state index contributed by atoms with van der Waals surface area (Å²) >= 11 is 3.17. The first-order valence-corrected chi connectivity index (χ1v) is 5.81. The van der Waals surface area contributed by atoms with Crippen molar-refractivity contribution in [2.45, 2.75) is 25.6 Å². The molecule has 0 heterocycles. The highest BCUT2D eigenvalue weighted by atomic mass is 79.9. The Balaban J connectivity index is 2.88. The van der Waals surface area contributed by atoms with E-state index in [0.29, 0.717) is 16.5 Å². The van der Waals surface area contributed by atoms with Gasteiger partial charge in [-0.1, -0.05) is 12.1 Å². The number of ether oxygens (including phenoxy) is 1. The summed E-state index contributed by atoms with van der Waals surface area (Å²) in [6.07, 6.45) is -3.88. The Morgan fingerprint density at radius 1 is 1.41 bits per heavy atom. The number of hydrogen-bond donors (Lipinski definition) is 1. The van der Waals surface area contributed by atoms with Crippen molar-refractivity contribution in [1.82, 2.24) is 0 Å². The molecule has 1 aromatic rings. The maximum Gasteiger partial charge on any atom is 0.422 e. The molecule has 0 fully saturated rings. The molecule has 0 saturated heterocycles. The molecule has 2 nitrogen and oxygen atoms in total. The minimum Gasteiger partial charge on any atom is -0.483 e. The van der Waals surface area contributed by atoms with Crippen molar-refractivity contribution in [3.8, 4) is 5.75 Å². The molecule has 1 aromatic carbocycles. The van der Waals surface area contributed by atoms with Gasteiger partial charge < -0.3 is 10.5 Å². The van der Waals surface area contributed by atoms with Crippen LogP contribution in [0.2, 0.25) is 0 Å². The Morgan fingerprint density at radius 2 is 2.06 bits per heavy atom. The van der Waals surface area contributed by atoms with Gasteiger partial charge in [0.25, 0.3) is 0 Å². The fraction of sp³-hybridized carbons (Fsp3) is 0.455. The molecule has 0 saturated carbocycles. The van der Waals surface area contributed by atoms with Gasteiger partial charge in [0.1, 0.15) is 5.75 Å². The first kappa shape index (κ1) is 14.3. The van der Waals surface area contributed by atoms with Crippen molar-refractivity contribution in [2.24, 2.45) is 5.73 Å². The van der Waals surface area contributed by atoms with Crippen LogP contribution in [0, 0.1) is 0 Å². The van der Waals surface area contributed by atoms with Gasteiger partial charge in [0, 0.05) is 6.04 Å². The first-order chi connectivity index (χ1) is 7.79. The molecule has 1 rings (SSSR count). The van der Waals surface area contributed by atoms with Crippen LogP contribution in [-0.2, 0) is 6.42 Å². The van der Waals surface area contributed by atoms with Crippen LogP contribution in [0.25, 0.3) is 0 Å². The predicted octanol–water partition coefficient (Wildman–Crippen LogP) is 3.28. The number of benzene rings is 1. The van der Waals surface area contributed by atoms with Gasteiger partial charge in [0.15, 0.2) is 6.61 Å². The molecule has 1 atom stereocenters. The van der Waals surface area contributed by atoms with Gasteiger partial charge in [0.05, 0.1) is 4.47 Å². The smallest absolute Gasteiger partial charge is 0.422 e. The van der Waals surface area contributed by atoms with Gasteiger partial charge in [-0.2, -0.15) is 13.2 Å². The second kappa shape index (κ2) is 5.73. The zero-order chi connectivity index (χ0) is 13.1. The topological polar surface area (TPSA) is 35.2 Å². The predicted molar refractivity (Wildman–Crippen MR) is 63.0 cm³/mol. The third kappa shape index (κ3) is 4.95. The monoisotopic (exact) mass is 311 g/mol. The molecule has 0 radical (unpaired) electrons. The lowest BCUT2D eigenvalue weighted by atomic mass is 10.1. The van der Waals surface area contributed by atoms with E-state index in [4.69, 9.17) is 10.5 Å². The number of hydrogen-bond acceptors (Lipinski definition) is 2. The van der Waals surface area contributed by atoms with Crippen LogP contribution < -0.4 is 10.5 Å². The van der Waals surface area contributed by atoms with Gasteiger partial charge in [-0.05, 0) is 40.9 Å². The lowest BCUT2D eigenvalue weighted by Crippen LogP contribution is -2.22. The normalized spacial score (nSPS) is 13.5. The number of rotatable bonds is 4. The molecular formula is C11H13BrF3NO. The van der Waals surface area contributed by atoms with Gasteiger partial charge >= 0.3 is 6.18 Å². The highest BCUT2D eigenvalue weighted by Crippen LogP contribution is 2.31. The summed E-state index contributed by atoms with van der Waals surface area (Å²) < 4.78 is 41.6. The van der Waals surface area contributed by atoms with Crippen LogP contribution >= 0.6 is 15.9 Å². The molecule has 0 aliphatic carbocycles. The van der Waals surface area contributed by atoms with Crippen LogP contribution in [0.5, 0.6) is 5.75 Å². The molecule has 0 aromatic heterocycles. The zero-order valence-electron chi connectivity index (χ0n) is 9.22. The first-order valence-electron chi connectivity index (χ1n) is 5.02. The summed E-state index contributed by atoms with van der Waals surface area (Å²) in [7, 11) is 0. The third-order valence-corrected chi connectivity index (χ3v) is 2.60. The van der Waals surface area contributed by atoms with E-state index in [1.54, 1.807) is 25.1 Å². The van der Waals surface area contributed by atoms with Crippen molar-refractivity contribution >= 4 is 15.9 Å². The second-order valence-corrected chi connectivity index (χ2v) is 4.67. The summed E-state index contributed by atoms with van der Waals surface area (Å²) in [6.45, 7) is 0.482. The van der Waals surface area contributed by atoms with Crippen molar-refractivity contribution in [2.75, 3.05) is 6.61 Å². The molecule has 17 heavy (non-hydrogen) atoms. The van der Waals surface area contributed by atoms with E-state index >= 15 is 0 Å². The largest absolute Gasteiger partial charge is 0.483 e. The average Bonchev–Trinajstić information content (AvgIpc) is 2.14. The number of nitrogens with two attached hydrogens (primary N) is 1. The van der Waals surface area contributed by atoms with Gasteiger partial charge in [-0.3, -0.25) is 0 Å². The van der Waals surface area contributed by atoms with Crippen LogP contribution in [0.3, 0.4) is 0 Å². The lowest BCUT2D eigenvalue weighted by Gasteiger charge is -2.15. The number of alkyl halides is 3. The van der Waals surface area contributed by atoms with E-state index < -0.39 is 12.8 Å². The molecular weight excluding hydrogens is 299 g/mol. The quantitative estimate of drug-likeness (QED) is 0.926. The molecule has 2 N–H and O–H groups in total. The van der Waals surface area contributed by atoms with Crippen LogP contribution in [-0.4, -0.2) is 18.8 Å². The number of halogens is 4. The van der Waals surface area contributed by atoms with Crippen molar-refractivity contribution in [3.63, 3.8) is 0 Å². The fourth-order valence-electron chi connectivity index (χ4n) is 1.38. The SMILES string of the molecule is CC(N)Cc1cccc(Br)c1OCC(F)(F)F. The van der Waals surface area contributed by atoms with Crippen molar-refractivity contribution in [1.29, 1.82) is 0 Å². The van der Waals surface area contributed by atoms with E-state index in [9.17, 15) is 13.2 Å². The summed E-state index contributed by atoms with van der Waals surface area (Å²) in [4.78, 5) is 0. The molecule has 0 spiro atoms. The van der Waals surface area contributed by atoms with Crippen molar-refractivity contribution < 1.29 is 17.9 Å². The van der Waals surface area contributed by atoms with Gasteiger partial charge in [-0.25, -0.2) is 0 Å². The maximum absolute atomic E-state index is 12.1. The van der Waals surface area contributed by atoms with Crippen LogP contribution in [0.1, 0.15) is 12.5 Å². The van der Waals surface area contributed by atoms with E-state index in [2.05, 4.69) is 15.9 Å². The Kier molecular flexibility index (Phi) is 4.82. The Bertz CT molecular complexity index is 379. The van der Waals surface area contributed by atoms with E-state index in [1.165, 1.54) is 0 Å². The van der Waals surface area contributed by atoms with Crippen molar-refractivity contribution in [3.05, 3.63) is 28.2 Å². The standard InChI is InChI=1S/C11H13BrF3NO/c1-7(16)5-8-3-2-4-9(12)10(8)17-6-11(13,14)15/h2-4,7H,5-6,16H2,1H3. The summed E-state index contributed by atoms with van der Waals surface area (Å²) in [5.74, 6) is 0.210. The Hall–Kier alpha value is -0.750. The zero-order valence-corrected chi connectivity index (χ0v) is 10.8. The number of para-hydroxylation sites is 1. The van der Waals surface area contributed by atoms with Crippen LogP contribution in [0.15, 0.2) is 22.7 Å². The minimum absolute atomic E-state index is 0.141. The lowest BCUT2D eigenvalue weighted by molar-refractivity contribution is -0.153. The Morgan fingerprint density at radius 3 is 2.59 bits per heavy atom. The molecule has 0 aliphatic heterocycles. The molecule has 1 unspecified atom stereocenters. The highest BCUT2D eigenvalue weighted by molar-refractivity contribution is 9.10. The minimum atomic E-state index is -4.35. The van der Waals surface area contributed by atoms with Gasteiger partial charge in [0.2, 0.25) is 0 Å². The second-order valence-electron chi connectivity index (χ2n) is 3.81. The summed E-state index contributed by atoms with van der Waals surface area (Å²) in [6, 6.07) is 4.94. The van der Waals surface area contributed by atoms with E-state index in [-0.39, 0.29) is 11.8 Å². The molecule has 0 amide bonds.